The van der Waals surface area contributed by atoms with Gasteiger partial charge in [-0.3, -0.25) is 14.2 Å². The van der Waals surface area contributed by atoms with E-state index in [1.54, 1.807) is 31.6 Å². The maximum atomic E-state index is 15.6. The molecule has 8 nitrogen and oxygen atoms in total. The second-order valence-corrected chi connectivity index (χ2v) is 10.9. The lowest BCUT2D eigenvalue weighted by molar-refractivity contribution is 0.0694. The highest BCUT2D eigenvalue weighted by atomic mass is 19.2. The van der Waals surface area contributed by atoms with Crippen LogP contribution in [0.4, 0.5) is 20.2 Å². The molecule has 0 amide bonds. The van der Waals surface area contributed by atoms with Crippen LogP contribution in [0.3, 0.4) is 0 Å². The van der Waals surface area contributed by atoms with Crippen molar-refractivity contribution >= 4 is 22.9 Å². The van der Waals surface area contributed by atoms with Crippen molar-refractivity contribution in [2.75, 3.05) is 43.9 Å². The molecule has 40 heavy (non-hydrogen) atoms. The van der Waals surface area contributed by atoms with Crippen LogP contribution >= 0.6 is 0 Å². The summed E-state index contributed by atoms with van der Waals surface area (Å²) in [6, 6.07) is 8.02. The molecule has 1 aromatic carbocycles. The van der Waals surface area contributed by atoms with Crippen molar-refractivity contribution in [3.8, 4) is 22.3 Å². The number of likely N-dealkylation sites (N-methyl/N-ethyl adjacent to an activating group) is 1. The van der Waals surface area contributed by atoms with Gasteiger partial charge in [-0.15, -0.1) is 0 Å². The lowest BCUT2D eigenvalue weighted by atomic mass is 9.97. The third-order valence-corrected chi connectivity index (χ3v) is 8.85. The number of fused-ring (bicyclic) bond motifs is 5. The van der Waals surface area contributed by atoms with Crippen LogP contribution in [0.1, 0.15) is 28.0 Å². The van der Waals surface area contributed by atoms with Crippen molar-refractivity contribution in [2.45, 2.75) is 18.9 Å². The number of hydrogen-bond acceptors (Lipinski definition) is 6. The first-order chi connectivity index (χ1) is 19.3. The Balaban J connectivity index is 1.49. The number of carboxylic acids is 1. The number of pyridine rings is 3. The van der Waals surface area contributed by atoms with Gasteiger partial charge in [-0.05, 0) is 49.7 Å². The summed E-state index contributed by atoms with van der Waals surface area (Å²) >= 11 is 0. The highest BCUT2D eigenvalue weighted by Gasteiger charge is 2.42. The van der Waals surface area contributed by atoms with Gasteiger partial charge in [0.15, 0.2) is 11.6 Å². The van der Waals surface area contributed by atoms with Gasteiger partial charge in [0.1, 0.15) is 5.56 Å². The summed E-state index contributed by atoms with van der Waals surface area (Å²) < 4.78 is 31.8. The Morgan fingerprint density at radius 1 is 1.15 bits per heavy atom. The minimum atomic E-state index is -1.30. The van der Waals surface area contributed by atoms with Crippen LogP contribution in [-0.2, 0) is 6.42 Å². The number of carbonyl (C=O) groups is 1. The van der Waals surface area contributed by atoms with Gasteiger partial charge in [-0.25, -0.2) is 13.6 Å². The quantitative estimate of drug-likeness (QED) is 0.353. The smallest absolute Gasteiger partial charge is 0.341 e. The molecule has 2 atom stereocenters. The van der Waals surface area contributed by atoms with E-state index in [-0.39, 0.29) is 11.1 Å². The van der Waals surface area contributed by atoms with E-state index in [1.165, 1.54) is 16.5 Å². The van der Waals surface area contributed by atoms with E-state index in [4.69, 9.17) is 4.98 Å². The Hall–Kier alpha value is -4.31. The average molecular weight is 544 g/mol. The topological polar surface area (TPSA) is 90.2 Å². The van der Waals surface area contributed by atoms with E-state index in [0.717, 1.165) is 31.7 Å². The second-order valence-electron chi connectivity index (χ2n) is 10.9. The molecule has 10 heteroatoms. The number of aromatic carboxylic acids is 1. The van der Waals surface area contributed by atoms with E-state index >= 15 is 4.39 Å². The van der Waals surface area contributed by atoms with Gasteiger partial charge < -0.3 is 20.2 Å². The number of anilines is 2. The Kier molecular flexibility index (Phi) is 5.47. The maximum absolute atomic E-state index is 15.6. The average Bonchev–Trinajstić information content (AvgIpc) is 3.64. The summed E-state index contributed by atoms with van der Waals surface area (Å²) in [5, 5.41) is 12.5. The van der Waals surface area contributed by atoms with E-state index in [2.05, 4.69) is 22.2 Å². The molecule has 2 fully saturated rings. The van der Waals surface area contributed by atoms with Crippen molar-refractivity contribution in [1.29, 1.82) is 0 Å². The number of nitrogens with one attached hydrogen (secondary N) is 1. The third-order valence-electron chi connectivity index (χ3n) is 8.85. The van der Waals surface area contributed by atoms with Crippen LogP contribution in [0.2, 0.25) is 0 Å². The van der Waals surface area contributed by atoms with Gasteiger partial charge in [0, 0.05) is 84.5 Å². The highest BCUT2D eigenvalue weighted by molar-refractivity contribution is 5.97. The minimum Gasteiger partial charge on any atom is -0.477 e. The minimum absolute atomic E-state index is 0.222. The standard InChI is InChI=1S/C30H27F2N5O3/c1-33-22-10-21(31)27(32)25-19(22)9-23-26(25)28(36-12-16-7-8-35(2)24(16)14-36)20(11-34-23)15-3-4-17-5-6-18(30(39)40)29(38)37(17)13-15/h3-6,10-11,13,16,24,33H,7-9,12,14H2,1-2H3,(H,39,40)/t16-,24+/m0/s1. The number of hydrogen-bond donors (Lipinski definition) is 2. The molecular formula is C30H27F2N5O3. The SMILES string of the molecule is CNc1cc(F)c(F)c2c1Cc1ncc(-c3ccc4ccc(C(=O)O)c(=O)n4c3)c(N3C[C@@H]4CCN(C)[C@@H]4C3)c1-2. The van der Waals surface area contributed by atoms with Crippen LogP contribution in [0.25, 0.3) is 27.8 Å². The van der Waals surface area contributed by atoms with Gasteiger partial charge in [-0.2, -0.15) is 0 Å². The van der Waals surface area contributed by atoms with Gasteiger partial charge >= 0.3 is 5.97 Å². The first-order valence-electron chi connectivity index (χ1n) is 13.3. The molecule has 2 aliphatic heterocycles. The molecule has 0 unspecified atom stereocenters. The number of halogens is 2. The van der Waals surface area contributed by atoms with Gasteiger partial charge in [0.05, 0.1) is 11.4 Å². The fourth-order valence-corrected chi connectivity index (χ4v) is 6.85. The molecule has 2 saturated heterocycles. The highest BCUT2D eigenvalue weighted by Crippen LogP contribution is 2.51. The van der Waals surface area contributed by atoms with Gasteiger partial charge in [0.2, 0.25) is 0 Å². The van der Waals surface area contributed by atoms with E-state index < -0.39 is 23.2 Å². The van der Waals surface area contributed by atoms with Crippen molar-refractivity contribution in [3.05, 3.63) is 81.5 Å². The number of aromatic nitrogens is 2. The fourth-order valence-electron chi connectivity index (χ4n) is 6.85. The lowest BCUT2D eigenvalue weighted by Gasteiger charge is -2.27. The van der Waals surface area contributed by atoms with E-state index in [1.807, 2.05) is 6.07 Å². The lowest BCUT2D eigenvalue weighted by Crippen LogP contribution is -2.32. The Morgan fingerprint density at radius 3 is 2.70 bits per heavy atom. The zero-order chi connectivity index (χ0) is 27.9. The molecule has 0 saturated carbocycles. The number of likely N-dealkylation sites (tertiary alicyclic amines) is 1. The molecule has 0 radical (unpaired) electrons. The number of benzene rings is 1. The maximum Gasteiger partial charge on any atom is 0.341 e. The summed E-state index contributed by atoms with van der Waals surface area (Å²) in [4.78, 5) is 34.0. The number of rotatable bonds is 4. The van der Waals surface area contributed by atoms with E-state index in [0.29, 0.717) is 57.5 Å². The van der Waals surface area contributed by atoms with Crippen LogP contribution in [-0.4, -0.2) is 65.1 Å². The zero-order valence-corrected chi connectivity index (χ0v) is 22.0. The van der Waals surface area contributed by atoms with Crippen molar-refractivity contribution in [3.63, 3.8) is 0 Å². The van der Waals surface area contributed by atoms with Crippen LogP contribution in [0.5, 0.6) is 0 Å². The Bertz CT molecular complexity index is 1800. The monoisotopic (exact) mass is 543 g/mol. The van der Waals surface area contributed by atoms with Crippen LogP contribution in [0, 0.1) is 17.6 Å². The third kappa shape index (κ3) is 3.48. The summed E-state index contributed by atoms with van der Waals surface area (Å²) in [6.07, 6.45) is 4.77. The largest absolute Gasteiger partial charge is 0.477 e. The Labute approximate surface area is 228 Å². The van der Waals surface area contributed by atoms with E-state index in [9.17, 15) is 19.1 Å². The van der Waals surface area contributed by atoms with Gasteiger partial charge in [0.25, 0.3) is 5.56 Å². The summed E-state index contributed by atoms with van der Waals surface area (Å²) in [7, 11) is 3.80. The predicted molar refractivity (Wildman–Crippen MR) is 148 cm³/mol. The second kappa shape index (κ2) is 8.85. The molecule has 4 aromatic rings. The zero-order valence-electron chi connectivity index (χ0n) is 22.0. The normalized spacial score (nSPS) is 19.6. The molecule has 5 heterocycles. The van der Waals surface area contributed by atoms with Crippen molar-refractivity contribution in [2.24, 2.45) is 5.92 Å². The molecule has 3 aliphatic rings. The molecule has 204 valence electrons. The van der Waals surface area contributed by atoms with Crippen LogP contribution in [0.15, 0.2) is 47.5 Å². The summed E-state index contributed by atoms with van der Waals surface area (Å²) in [6.45, 7) is 2.52. The van der Waals surface area contributed by atoms with Gasteiger partial charge in [-0.1, -0.05) is 6.07 Å². The molecular weight excluding hydrogens is 516 g/mol. The van der Waals surface area contributed by atoms with Crippen molar-refractivity contribution in [1.82, 2.24) is 14.3 Å². The molecule has 2 N–H and O–H groups in total. The Morgan fingerprint density at radius 2 is 1.95 bits per heavy atom. The molecule has 7 rings (SSSR count). The predicted octanol–water partition coefficient (Wildman–Crippen LogP) is 4.09. The number of nitrogens with zero attached hydrogens (tertiary/aromatic N) is 4. The molecule has 0 bridgehead atoms. The molecule has 3 aromatic heterocycles. The number of carboxylic acid groups (broad SMARTS) is 1. The first kappa shape index (κ1) is 24.7. The molecule has 0 spiro atoms. The summed E-state index contributed by atoms with van der Waals surface area (Å²) in [5.74, 6) is -2.67. The molecule has 1 aliphatic carbocycles. The first-order valence-corrected chi connectivity index (χ1v) is 13.3. The van der Waals surface area contributed by atoms with Crippen molar-refractivity contribution < 1.29 is 18.7 Å². The summed E-state index contributed by atoms with van der Waals surface area (Å²) in [5.41, 5.74) is 4.31. The van der Waals surface area contributed by atoms with Crippen LogP contribution < -0.4 is 15.8 Å². The fraction of sp³-hybridized carbons (Fsp3) is 0.300.